The van der Waals surface area contributed by atoms with Crippen LogP contribution in [0.5, 0.6) is 0 Å². The third kappa shape index (κ3) is 2.15. The van der Waals surface area contributed by atoms with Crippen LogP contribution in [0.25, 0.3) is 11.1 Å². The van der Waals surface area contributed by atoms with E-state index in [4.69, 9.17) is 5.73 Å². The number of aryl methyl sites for hydroxylation is 1. The zero-order valence-corrected chi connectivity index (χ0v) is 10.9. The van der Waals surface area contributed by atoms with Gasteiger partial charge in [-0.05, 0) is 25.0 Å². The molecule has 2 aromatic rings. The molecule has 0 aliphatic carbocycles. The van der Waals surface area contributed by atoms with Gasteiger partial charge in [-0.15, -0.1) is 0 Å². The summed E-state index contributed by atoms with van der Waals surface area (Å²) in [6.45, 7) is 3.79. The fourth-order valence-corrected chi connectivity index (χ4v) is 2.20. The van der Waals surface area contributed by atoms with E-state index in [1.165, 1.54) is 6.07 Å². The van der Waals surface area contributed by atoms with Gasteiger partial charge in [-0.25, -0.2) is 9.37 Å². The topological polar surface area (TPSA) is 62.7 Å². The summed E-state index contributed by atoms with van der Waals surface area (Å²) in [6, 6.07) is 8.40. The van der Waals surface area contributed by atoms with Gasteiger partial charge in [0.05, 0.1) is 0 Å². The molecule has 0 fully saturated rings. The van der Waals surface area contributed by atoms with E-state index in [1.54, 1.807) is 18.2 Å². The molecule has 0 unspecified atom stereocenters. The van der Waals surface area contributed by atoms with Gasteiger partial charge < -0.3 is 5.73 Å². The minimum Gasteiger partial charge on any atom is -0.383 e. The third-order valence-electron chi connectivity index (χ3n) is 3.16. The summed E-state index contributed by atoms with van der Waals surface area (Å²) >= 11 is 0. The van der Waals surface area contributed by atoms with Crippen molar-refractivity contribution in [3.05, 3.63) is 46.9 Å². The van der Waals surface area contributed by atoms with Crippen LogP contribution in [0.3, 0.4) is 0 Å². The highest BCUT2D eigenvalue weighted by molar-refractivity contribution is 5.79. The minimum atomic E-state index is -0.366. The summed E-state index contributed by atoms with van der Waals surface area (Å²) < 4.78 is 14.0. The number of pyridine rings is 1. The molecule has 4 heteroatoms. The van der Waals surface area contributed by atoms with Crippen molar-refractivity contribution in [2.24, 2.45) is 0 Å². The Bertz CT molecular complexity index is 671. The number of hydrogen-bond donors (Lipinski definition) is 1. The van der Waals surface area contributed by atoms with Crippen molar-refractivity contribution in [1.82, 2.24) is 4.98 Å². The van der Waals surface area contributed by atoms with Crippen molar-refractivity contribution >= 4 is 5.82 Å². The van der Waals surface area contributed by atoms with Gasteiger partial charge >= 0.3 is 0 Å². The van der Waals surface area contributed by atoms with E-state index in [-0.39, 0.29) is 17.2 Å². The number of nitrogens with two attached hydrogens (primary N) is 1. The molecule has 0 saturated heterocycles. The van der Waals surface area contributed by atoms with E-state index >= 15 is 0 Å². The first kappa shape index (κ1) is 13.0. The Morgan fingerprint density at radius 2 is 2.05 bits per heavy atom. The molecule has 2 N–H and O–H groups in total. The van der Waals surface area contributed by atoms with Crippen LogP contribution in [0.1, 0.15) is 23.7 Å². The quantitative estimate of drug-likeness (QED) is 0.896. The van der Waals surface area contributed by atoms with Gasteiger partial charge in [-0.3, -0.25) is 0 Å². The number of nitrogen functional groups attached to an aromatic ring is 1. The Hall–Kier alpha value is -2.41. The van der Waals surface area contributed by atoms with Crippen LogP contribution in [0, 0.1) is 24.1 Å². The van der Waals surface area contributed by atoms with E-state index in [0.717, 1.165) is 11.3 Å². The molecule has 0 saturated carbocycles. The van der Waals surface area contributed by atoms with E-state index in [2.05, 4.69) is 4.98 Å². The highest BCUT2D eigenvalue weighted by atomic mass is 19.1. The molecular formula is C15H14FN3. The lowest BCUT2D eigenvalue weighted by Gasteiger charge is -2.14. The third-order valence-corrected chi connectivity index (χ3v) is 3.16. The molecule has 0 spiro atoms. The Morgan fingerprint density at radius 1 is 1.37 bits per heavy atom. The van der Waals surface area contributed by atoms with Gasteiger partial charge in [-0.1, -0.05) is 25.1 Å². The number of benzene rings is 1. The fourth-order valence-electron chi connectivity index (χ4n) is 2.20. The SMILES string of the molecule is CCc1nc(N)c(C#N)c(-c2ccccc2F)c1C. The predicted octanol–water partition coefficient (Wildman–Crippen LogP) is 3.21. The number of nitrogens with zero attached hydrogens (tertiary/aromatic N) is 2. The minimum absolute atomic E-state index is 0.156. The Labute approximate surface area is 111 Å². The summed E-state index contributed by atoms with van der Waals surface area (Å²) in [5.41, 5.74) is 8.57. The largest absolute Gasteiger partial charge is 0.383 e. The summed E-state index contributed by atoms with van der Waals surface area (Å²) in [6.07, 6.45) is 0.684. The molecule has 96 valence electrons. The summed E-state index contributed by atoms with van der Waals surface area (Å²) in [4.78, 5) is 4.21. The average molecular weight is 255 g/mol. The number of aromatic nitrogens is 1. The number of hydrogen-bond acceptors (Lipinski definition) is 3. The van der Waals surface area contributed by atoms with Gasteiger partial charge in [0.2, 0.25) is 0 Å². The molecule has 1 heterocycles. The molecular weight excluding hydrogens is 241 g/mol. The number of nitriles is 1. The van der Waals surface area contributed by atoms with Crippen molar-refractivity contribution in [1.29, 1.82) is 5.26 Å². The second kappa shape index (κ2) is 5.07. The Morgan fingerprint density at radius 3 is 2.63 bits per heavy atom. The van der Waals surface area contributed by atoms with Gasteiger partial charge in [-0.2, -0.15) is 5.26 Å². The van der Waals surface area contributed by atoms with Crippen molar-refractivity contribution in [3.63, 3.8) is 0 Å². The van der Waals surface area contributed by atoms with Crippen LogP contribution < -0.4 is 5.73 Å². The maximum Gasteiger partial charge on any atom is 0.142 e. The highest BCUT2D eigenvalue weighted by Gasteiger charge is 2.18. The van der Waals surface area contributed by atoms with Crippen LogP contribution in [0.15, 0.2) is 24.3 Å². The van der Waals surface area contributed by atoms with Crippen molar-refractivity contribution in [2.75, 3.05) is 5.73 Å². The van der Waals surface area contributed by atoms with Crippen LogP contribution in [0.4, 0.5) is 10.2 Å². The lowest BCUT2D eigenvalue weighted by molar-refractivity contribution is 0.631. The number of halogens is 1. The Kier molecular flexibility index (Phi) is 3.48. The van der Waals surface area contributed by atoms with E-state index < -0.39 is 0 Å². The maximum absolute atomic E-state index is 14.0. The van der Waals surface area contributed by atoms with Gasteiger partial charge in [0.1, 0.15) is 23.3 Å². The zero-order valence-electron chi connectivity index (χ0n) is 10.9. The first-order valence-electron chi connectivity index (χ1n) is 6.04. The first-order chi connectivity index (χ1) is 9.10. The molecule has 19 heavy (non-hydrogen) atoms. The van der Waals surface area contributed by atoms with E-state index in [0.29, 0.717) is 17.5 Å². The van der Waals surface area contributed by atoms with Crippen molar-refractivity contribution in [3.8, 4) is 17.2 Å². The van der Waals surface area contributed by atoms with Crippen LogP contribution in [-0.2, 0) is 6.42 Å². The molecule has 0 bridgehead atoms. The number of anilines is 1. The standard InChI is InChI=1S/C15H14FN3/c1-3-13-9(2)14(11(8-17)15(18)19-13)10-6-4-5-7-12(10)16/h4-7H,3H2,1-2H3,(H2,18,19). The predicted molar refractivity (Wildman–Crippen MR) is 72.9 cm³/mol. The normalized spacial score (nSPS) is 10.2. The average Bonchev–Trinajstić information content (AvgIpc) is 2.41. The number of rotatable bonds is 2. The zero-order chi connectivity index (χ0) is 14.0. The van der Waals surface area contributed by atoms with Crippen LogP contribution >= 0.6 is 0 Å². The van der Waals surface area contributed by atoms with Crippen LogP contribution in [0.2, 0.25) is 0 Å². The molecule has 0 aliphatic rings. The molecule has 2 rings (SSSR count). The van der Waals surface area contributed by atoms with E-state index in [9.17, 15) is 9.65 Å². The maximum atomic E-state index is 14.0. The molecule has 1 aromatic heterocycles. The van der Waals surface area contributed by atoms with Gasteiger partial charge in [0.15, 0.2) is 0 Å². The molecule has 0 atom stereocenters. The van der Waals surface area contributed by atoms with Gasteiger partial charge in [0, 0.05) is 16.8 Å². The highest BCUT2D eigenvalue weighted by Crippen LogP contribution is 2.33. The summed E-state index contributed by atoms with van der Waals surface area (Å²) in [7, 11) is 0. The Balaban J connectivity index is 2.86. The molecule has 1 aromatic carbocycles. The molecule has 3 nitrogen and oxygen atoms in total. The lowest BCUT2D eigenvalue weighted by Crippen LogP contribution is -2.05. The smallest absolute Gasteiger partial charge is 0.142 e. The summed E-state index contributed by atoms with van der Waals surface area (Å²) in [5.74, 6) is -0.210. The molecule has 0 radical (unpaired) electrons. The van der Waals surface area contributed by atoms with Crippen LogP contribution in [-0.4, -0.2) is 4.98 Å². The van der Waals surface area contributed by atoms with Gasteiger partial charge in [0.25, 0.3) is 0 Å². The molecule has 0 amide bonds. The second-order valence-electron chi connectivity index (χ2n) is 4.26. The van der Waals surface area contributed by atoms with E-state index in [1.807, 2.05) is 19.9 Å². The van der Waals surface area contributed by atoms with Crippen molar-refractivity contribution in [2.45, 2.75) is 20.3 Å². The first-order valence-corrected chi connectivity index (χ1v) is 6.04. The summed E-state index contributed by atoms with van der Waals surface area (Å²) in [5, 5.41) is 9.25. The second-order valence-corrected chi connectivity index (χ2v) is 4.26. The lowest BCUT2D eigenvalue weighted by atomic mass is 9.94. The monoisotopic (exact) mass is 255 g/mol. The van der Waals surface area contributed by atoms with Crippen molar-refractivity contribution < 1.29 is 4.39 Å². The molecule has 0 aliphatic heterocycles. The fraction of sp³-hybridized carbons (Fsp3) is 0.200.